The molecule has 0 aliphatic rings. The highest BCUT2D eigenvalue weighted by Gasteiger charge is 2.05. The standard InChI is InChI=1S/C14H17BrN4O/c1-9(2)5-16-8-12-4-13(20)19-14(18-12)10-3-11(15)7-17-6-10/h3-4,6-7,9,16H,5,8H2,1-2H3,(H,18,19,20). The van der Waals surface area contributed by atoms with Crippen molar-refractivity contribution in [3.63, 3.8) is 0 Å². The average molecular weight is 337 g/mol. The highest BCUT2D eigenvalue weighted by atomic mass is 79.9. The Hall–Kier alpha value is -1.53. The number of aromatic amines is 1. The summed E-state index contributed by atoms with van der Waals surface area (Å²) in [5.41, 5.74) is 1.35. The summed E-state index contributed by atoms with van der Waals surface area (Å²) in [5.74, 6) is 1.10. The largest absolute Gasteiger partial charge is 0.311 e. The maximum atomic E-state index is 11.7. The molecule has 0 saturated heterocycles. The van der Waals surface area contributed by atoms with E-state index in [-0.39, 0.29) is 5.56 Å². The van der Waals surface area contributed by atoms with Crippen LogP contribution in [0, 0.1) is 5.92 Å². The molecule has 0 saturated carbocycles. The van der Waals surface area contributed by atoms with Crippen molar-refractivity contribution in [3.8, 4) is 11.4 Å². The fourth-order valence-electron chi connectivity index (χ4n) is 1.77. The van der Waals surface area contributed by atoms with E-state index >= 15 is 0 Å². The van der Waals surface area contributed by atoms with Gasteiger partial charge in [-0.2, -0.15) is 0 Å². The topological polar surface area (TPSA) is 70.7 Å². The van der Waals surface area contributed by atoms with Crippen molar-refractivity contribution in [3.05, 3.63) is 45.0 Å². The molecule has 0 aliphatic heterocycles. The Morgan fingerprint density at radius 3 is 2.85 bits per heavy atom. The maximum absolute atomic E-state index is 11.7. The second-order valence-corrected chi connectivity index (χ2v) is 5.92. The van der Waals surface area contributed by atoms with Crippen molar-refractivity contribution < 1.29 is 0 Å². The first kappa shape index (κ1) is 14.9. The minimum absolute atomic E-state index is 0.156. The Balaban J connectivity index is 2.22. The van der Waals surface area contributed by atoms with Gasteiger partial charge in [-0.05, 0) is 34.5 Å². The van der Waals surface area contributed by atoms with E-state index in [9.17, 15) is 4.79 Å². The molecule has 0 fully saturated rings. The van der Waals surface area contributed by atoms with E-state index in [2.05, 4.69) is 50.0 Å². The van der Waals surface area contributed by atoms with E-state index in [1.54, 1.807) is 12.4 Å². The summed E-state index contributed by atoms with van der Waals surface area (Å²) in [6, 6.07) is 3.39. The van der Waals surface area contributed by atoms with E-state index in [1.807, 2.05) is 6.07 Å². The summed E-state index contributed by atoms with van der Waals surface area (Å²) in [6.45, 7) is 5.74. The van der Waals surface area contributed by atoms with Gasteiger partial charge in [0.25, 0.3) is 5.56 Å². The van der Waals surface area contributed by atoms with Crippen LogP contribution >= 0.6 is 15.9 Å². The number of halogens is 1. The van der Waals surface area contributed by atoms with E-state index in [0.29, 0.717) is 18.3 Å². The van der Waals surface area contributed by atoms with Crippen molar-refractivity contribution in [2.75, 3.05) is 6.54 Å². The molecular formula is C14H17BrN4O. The van der Waals surface area contributed by atoms with E-state index in [0.717, 1.165) is 22.3 Å². The van der Waals surface area contributed by atoms with Crippen LogP contribution in [0.4, 0.5) is 0 Å². The third-order valence-electron chi connectivity index (χ3n) is 2.63. The Labute approximate surface area is 126 Å². The molecule has 2 heterocycles. The predicted molar refractivity (Wildman–Crippen MR) is 82.3 cm³/mol. The first-order valence-electron chi connectivity index (χ1n) is 6.46. The number of hydrogen-bond acceptors (Lipinski definition) is 4. The Morgan fingerprint density at radius 1 is 1.35 bits per heavy atom. The molecule has 2 aromatic rings. The fourth-order valence-corrected chi connectivity index (χ4v) is 2.13. The highest BCUT2D eigenvalue weighted by molar-refractivity contribution is 9.10. The smallest absolute Gasteiger partial charge is 0.251 e. The minimum Gasteiger partial charge on any atom is -0.311 e. The monoisotopic (exact) mass is 336 g/mol. The summed E-state index contributed by atoms with van der Waals surface area (Å²) in [6.07, 6.45) is 3.37. The molecule has 0 spiro atoms. The van der Waals surface area contributed by atoms with Crippen LogP contribution in [0.15, 0.2) is 33.8 Å². The third-order valence-corrected chi connectivity index (χ3v) is 3.07. The lowest BCUT2D eigenvalue weighted by atomic mass is 10.2. The van der Waals surface area contributed by atoms with E-state index in [4.69, 9.17) is 0 Å². The summed E-state index contributed by atoms with van der Waals surface area (Å²) in [4.78, 5) is 23.0. The number of aromatic nitrogens is 3. The second kappa shape index (κ2) is 6.76. The first-order valence-corrected chi connectivity index (χ1v) is 7.26. The lowest BCUT2D eigenvalue weighted by Gasteiger charge is -2.08. The molecule has 0 unspecified atom stereocenters. The van der Waals surface area contributed by atoms with Gasteiger partial charge in [-0.15, -0.1) is 0 Å². The minimum atomic E-state index is -0.156. The molecule has 0 atom stereocenters. The SMILES string of the molecule is CC(C)CNCc1cc(=O)[nH]c(-c2cncc(Br)c2)n1. The molecule has 20 heavy (non-hydrogen) atoms. The lowest BCUT2D eigenvalue weighted by Crippen LogP contribution is -2.21. The van der Waals surface area contributed by atoms with Gasteiger partial charge >= 0.3 is 0 Å². The molecule has 2 N–H and O–H groups in total. The van der Waals surface area contributed by atoms with Crippen molar-refractivity contribution in [2.45, 2.75) is 20.4 Å². The number of nitrogens with zero attached hydrogens (tertiary/aromatic N) is 2. The van der Waals surface area contributed by atoms with E-state index < -0.39 is 0 Å². The number of H-pyrrole nitrogens is 1. The van der Waals surface area contributed by atoms with Gasteiger partial charge in [-0.25, -0.2) is 4.98 Å². The molecule has 6 heteroatoms. The van der Waals surface area contributed by atoms with Crippen molar-refractivity contribution in [1.29, 1.82) is 0 Å². The van der Waals surface area contributed by atoms with Crippen LogP contribution in [0.25, 0.3) is 11.4 Å². The van der Waals surface area contributed by atoms with Gasteiger partial charge in [-0.1, -0.05) is 13.8 Å². The molecule has 2 aromatic heterocycles. The van der Waals surface area contributed by atoms with E-state index in [1.165, 1.54) is 6.07 Å². The molecule has 106 valence electrons. The maximum Gasteiger partial charge on any atom is 0.251 e. The zero-order valence-electron chi connectivity index (χ0n) is 11.5. The Bertz CT molecular complexity index is 639. The summed E-state index contributed by atoms with van der Waals surface area (Å²) < 4.78 is 0.848. The zero-order chi connectivity index (χ0) is 14.5. The van der Waals surface area contributed by atoms with Crippen LogP contribution in [0.1, 0.15) is 19.5 Å². The zero-order valence-corrected chi connectivity index (χ0v) is 13.1. The average Bonchev–Trinajstić information content (AvgIpc) is 2.37. The van der Waals surface area contributed by atoms with Crippen LogP contribution < -0.4 is 10.9 Å². The van der Waals surface area contributed by atoms with Crippen LogP contribution in [0.5, 0.6) is 0 Å². The molecular weight excluding hydrogens is 320 g/mol. The number of nitrogens with one attached hydrogen (secondary N) is 2. The first-order chi connectivity index (χ1) is 9.54. The number of pyridine rings is 1. The van der Waals surface area contributed by atoms with Crippen molar-refractivity contribution in [2.24, 2.45) is 5.92 Å². The van der Waals surface area contributed by atoms with Gasteiger partial charge in [-0.3, -0.25) is 9.78 Å². The second-order valence-electron chi connectivity index (χ2n) is 5.00. The molecule has 0 radical (unpaired) electrons. The number of rotatable bonds is 5. The van der Waals surface area contributed by atoms with Crippen molar-refractivity contribution in [1.82, 2.24) is 20.3 Å². The van der Waals surface area contributed by atoms with Gasteiger partial charge in [0, 0.05) is 35.0 Å². The molecule has 0 amide bonds. The van der Waals surface area contributed by atoms with Gasteiger partial charge in [0.2, 0.25) is 0 Å². The molecule has 0 bridgehead atoms. The number of hydrogen-bond donors (Lipinski definition) is 2. The quantitative estimate of drug-likeness (QED) is 0.879. The van der Waals surface area contributed by atoms with Crippen LogP contribution in [0.3, 0.4) is 0 Å². The molecule has 0 aliphatic carbocycles. The molecule has 0 aromatic carbocycles. The molecule has 2 rings (SSSR count). The predicted octanol–water partition coefficient (Wildman–Crippen LogP) is 2.34. The summed E-state index contributed by atoms with van der Waals surface area (Å²) in [7, 11) is 0. The summed E-state index contributed by atoms with van der Waals surface area (Å²) in [5, 5.41) is 3.28. The van der Waals surface area contributed by atoms with Crippen LogP contribution in [0.2, 0.25) is 0 Å². The van der Waals surface area contributed by atoms with Gasteiger partial charge < -0.3 is 10.3 Å². The lowest BCUT2D eigenvalue weighted by molar-refractivity contribution is 0.548. The normalized spacial score (nSPS) is 11.0. The fraction of sp³-hybridized carbons (Fsp3) is 0.357. The van der Waals surface area contributed by atoms with Crippen LogP contribution in [-0.4, -0.2) is 21.5 Å². The Morgan fingerprint density at radius 2 is 2.15 bits per heavy atom. The summed E-state index contributed by atoms with van der Waals surface area (Å²) >= 11 is 3.36. The van der Waals surface area contributed by atoms with Crippen molar-refractivity contribution >= 4 is 15.9 Å². The molecule has 5 nitrogen and oxygen atoms in total. The van der Waals surface area contributed by atoms with Gasteiger partial charge in [0.05, 0.1) is 5.69 Å². The van der Waals surface area contributed by atoms with Gasteiger partial charge in [0.1, 0.15) is 5.82 Å². The Kier molecular flexibility index (Phi) is 5.03. The third kappa shape index (κ3) is 4.25. The van der Waals surface area contributed by atoms with Gasteiger partial charge in [0.15, 0.2) is 0 Å². The highest BCUT2D eigenvalue weighted by Crippen LogP contribution is 2.17. The van der Waals surface area contributed by atoms with Crippen LogP contribution in [-0.2, 0) is 6.54 Å².